The van der Waals surface area contributed by atoms with Crippen LogP contribution in [0.1, 0.15) is 194 Å². The molecule has 0 bridgehead atoms. The molecule has 0 spiro atoms. The van der Waals surface area contributed by atoms with Crippen LogP contribution in [0.2, 0.25) is 0 Å². The van der Waals surface area contributed by atoms with Crippen molar-refractivity contribution < 1.29 is 24.6 Å². The number of nitrogens with one attached hydrogen (secondary N) is 3. The number of hydrogen-bond donors (Lipinski definition) is 5. The number of aliphatic hydroxyl groups excluding tert-OH is 2. The van der Waals surface area contributed by atoms with Gasteiger partial charge in [0.05, 0.1) is 12.7 Å². The van der Waals surface area contributed by atoms with Crippen molar-refractivity contribution in [1.29, 1.82) is 0 Å². The highest BCUT2D eigenvalue weighted by atomic mass is 16.3. The molecule has 1 atom stereocenters. The van der Waals surface area contributed by atoms with Gasteiger partial charge in [-0.1, -0.05) is 162 Å². The summed E-state index contributed by atoms with van der Waals surface area (Å²) >= 11 is 0. The number of likely N-dealkylation sites (N-methyl/N-ethyl adjacent to an activating group) is 1. The first-order valence-electron chi connectivity index (χ1n) is 22.9. The van der Waals surface area contributed by atoms with Crippen LogP contribution in [0.15, 0.2) is 0 Å². The van der Waals surface area contributed by atoms with Crippen LogP contribution in [0.4, 0.5) is 0 Å². The van der Waals surface area contributed by atoms with Crippen LogP contribution in [0.5, 0.6) is 0 Å². The number of nitrogens with zero attached hydrogens (tertiary/aromatic N) is 2. The third-order valence-corrected chi connectivity index (χ3v) is 10.5. The van der Waals surface area contributed by atoms with Crippen molar-refractivity contribution >= 4 is 17.7 Å². The zero-order valence-electron chi connectivity index (χ0n) is 35.8. The van der Waals surface area contributed by atoms with Crippen molar-refractivity contribution in [2.24, 2.45) is 0 Å². The summed E-state index contributed by atoms with van der Waals surface area (Å²) in [7, 11) is 0. The topological polar surface area (TPSA) is 134 Å². The highest BCUT2D eigenvalue weighted by molar-refractivity contribution is 5.79. The normalized spacial score (nSPS) is 12.1. The van der Waals surface area contributed by atoms with Crippen molar-refractivity contribution in [1.82, 2.24) is 25.8 Å². The fourth-order valence-electron chi connectivity index (χ4n) is 6.96. The molecule has 0 saturated carbocycles. The van der Waals surface area contributed by atoms with Gasteiger partial charge in [0.2, 0.25) is 17.7 Å². The predicted octanol–water partition coefficient (Wildman–Crippen LogP) is 7.88. The fourth-order valence-corrected chi connectivity index (χ4v) is 6.96. The van der Waals surface area contributed by atoms with Gasteiger partial charge in [-0.25, -0.2) is 0 Å². The second-order valence-corrected chi connectivity index (χ2v) is 15.6. The molecular formula is C44H89N5O5. The maximum absolute atomic E-state index is 12.7. The van der Waals surface area contributed by atoms with E-state index in [0.29, 0.717) is 65.3 Å². The standard InChI is InChI=1S/C44H89N5O5/c1-4-7-9-11-13-15-17-18-19-20-22-24-26-28-33-46-43(53)30-35-49(40-41(51)39-48(6-3)37-38-50)36-31-44(54)47-34-29-42(52)45-32-27-25-23-21-16-14-12-10-8-5-2/h41,50-51H,4-40H2,1-3H3,(H,45,52)(H,46,53)(H,47,54). The molecule has 0 rings (SSSR count). The number of unbranched alkanes of at least 4 members (excludes halogenated alkanes) is 22. The molecule has 0 aliphatic heterocycles. The molecule has 0 heterocycles. The van der Waals surface area contributed by atoms with Crippen molar-refractivity contribution in [2.75, 3.05) is 65.5 Å². The van der Waals surface area contributed by atoms with E-state index in [0.717, 1.165) is 25.7 Å². The summed E-state index contributed by atoms with van der Waals surface area (Å²) in [5, 5.41) is 29.0. The molecule has 0 aliphatic carbocycles. The van der Waals surface area contributed by atoms with Gasteiger partial charge in [0.25, 0.3) is 0 Å². The summed E-state index contributed by atoms with van der Waals surface area (Å²) in [6.45, 7) is 11.0. The number of carbonyl (C=O) groups is 3. The summed E-state index contributed by atoms with van der Waals surface area (Å²) in [6.07, 6.45) is 31.0. The molecule has 320 valence electrons. The first-order valence-corrected chi connectivity index (χ1v) is 22.9. The summed E-state index contributed by atoms with van der Waals surface area (Å²) in [5.74, 6) is -0.193. The molecule has 1 unspecified atom stereocenters. The fraction of sp³-hybridized carbons (Fsp3) is 0.932. The van der Waals surface area contributed by atoms with E-state index in [4.69, 9.17) is 0 Å². The van der Waals surface area contributed by atoms with Gasteiger partial charge in [-0.15, -0.1) is 0 Å². The van der Waals surface area contributed by atoms with E-state index in [1.165, 1.54) is 128 Å². The van der Waals surface area contributed by atoms with Gasteiger partial charge in [-0.3, -0.25) is 24.2 Å². The summed E-state index contributed by atoms with van der Waals surface area (Å²) in [5.41, 5.74) is 0. The Labute approximate surface area is 333 Å². The van der Waals surface area contributed by atoms with Crippen LogP contribution in [-0.4, -0.2) is 109 Å². The lowest BCUT2D eigenvalue weighted by molar-refractivity contribution is -0.122. The lowest BCUT2D eigenvalue weighted by atomic mass is 10.0. The number of rotatable bonds is 42. The van der Waals surface area contributed by atoms with E-state index in [-0.39, 0.29) is 37.2 Å². The molecule has 0 aromatic rings. The van der Waals surface area contributed by atoms with Crippen LogP contribution < -0.4 is 16.0 Å². The van der Waals surface area contributed by atoms with E-state index < -0.39 is 6.10 Å². The lowest BCUT2D eigenvalue weighted by Crippen LogP contribution is -2.43. The van der Waals surface area contributed by atoms with E-state index in [2.05, 4.69) is 29.8 Å². The van der Waals surface area contributed by atoms with Gasteiger partial charge in [-0.05, 0) is 19.4 Å². The smallest absolute Gasteiger partial charge is 0.221 e. The molecule has 0 fully saturated rings. The maximum atomic E-state index is 12.7. The number of hydrogen-bond acceptors (Lipinski definition) is 7. The first-order chi connectivity index (χ1) is 26.4. The Bertz CT molecular complexity index is 848. The van der Waals surface area contributed by atoms with E-state index in [1.54, 1.807) is 0 Å². The molecule has 0 radical (unpaired) electrons. The van der Waals surface area contributed by atoms with Crippen molar-refractivity contribution in [3.63, 3.8) is 0 Å². The number of amides is 3. The van der Waals surface area contributed by atoms with Gasteiger partial charge >= 0.3 is 0 Å². The quantitative estimate of drug-likeness (QED) is 0.0399. The largest absolute Gasteiger partial charge is 0.395 e. The Hall–Kier alpha value is -1.75. The van der Waals surface area contributed by atoms with Crippen molar-refractivity contribution in [3.05, 3.63) is 0 Å². The van der Waals surface area contributed by atoms with Crippen LogP contribution in [0.25, 0.3) is 0 Å². The lowest BCUT2D eigenvalue weighted by Gasteiger charge is -2.28. The summed E-state index contributed by atoms with van der Waals surface area (Å²) in [4.78, 5) is 41.5. The highest BCUT2D eigenvalue weighted by Crippen LogP contribution is 2.13. The Balaban J connectivity index is 4.26. The highest BCUT2D eigenvalue weighted by Gasteiger charge is 2.17. The minimum atomic E-state index is -0.669. The Morgan fingerprint density at radius 2 is 0.778 bits per heavy atom. The summed E-state index contributed by atoms with van der Waals surface area (Å²) < 4.78 is 0. The average molecular weight is 768 g/mol. The molecule has 0 aromatic heterocycles. The van der Waals surface area contributed by atoms with E-state index in [9.17, 15) is 24.6 Å². The molecule has 10 nitrogen and oxygen atoms in total. The van der Waals surface area contributed by atoms with E-state index >= 15 is 0 Å². The molecule has 0 aromatic carbocycles. The average Bonchev–Trinajstić information content (AvgIpc) is 3.16. The van der Waals surface area contributed by atoms with Gasteiger partial charge in [0.1, 0.15) is 0 Å². The summed E-state index contributed by atoms with van der Waals surface area (Å²) in [6, 6.07) is 0. The third kappa shape index (κ3) is 37.2. The molecular weight excluding hydrogens is 679 g/mol. The Kier molecular flexibility index (Phi) is 39.6. The Morgan fingerprint density at radius 3 is 1.15 bits per heavy atom. The molecule has 0 saturated heterocycles. The second-order valence-electron chi connectivity index (χ2n) is 15.6. The van der Waals surface area contributed by atoms with E-state index in [1.807, 2.05) is 16.7 Å². The zero-order valence-corrected chi connectivity index (χ0v) is 35.8. The zero-order chi connectivity index (χ0) is 39.7. The number of carbonyl (C=O) groups excluding carboxylic acids is 3. The molecule has 0 aliphatic rings. The predicted molar refractivity (Wildman–Crippen MR) is 227 cm³/mol. The SMILES string of the molecule is CCCCCCCCCCCCCCCCNC(=O)CCN(CCC(=O)NCCC(=O)NCCCCCCCCCCCC)CC(O)CN(CC)CCO. The second kappa shape index (κ2) is 40.9. The minimum Gasteiger partial charge on any atom is -0.395 e. The van der Waals surface area contributed by atoms with Crippen LogP contribution in [0, 0.1) is 0 Å². The van der Waals surface area contributed by atoms with Crippen LogP contribution in [0.3, 0.4) is 0 Å². The van der Waals surface area contributed by atoms with Gasteiger partial charge in [0, 0.05) is 71.6 Å². The molecule has 54 heavy (non-hydrogen) atoms. The van der Waals surface area contributed by atoms with Gasteiger partial charge in [0.15, 0.2) is 0 Å². The van der Waals surface area contributed by atoms with Crippen molar-refractivity contribution in [2.45, 2.75) is 200 Å². The monoisotopic (exact) mass is 768 g/mol. The Morgan fingerprint density at radius 1 is 0.444 bits per heavy atom. The number of aliphatic hydroxyl groups is 2. The van der Waals surface area contributed by atoms with Gasteiger partial charge < -0.3 is 26.2 Å². The minimum absolute atomic E-state index is 0.00656. The molecule has 3 amide bonds. The van der Waals surface area contributed by atoms with Crippen molar-refractivity contribution in [3.8, 4) is 0 Å². The molecule has 5 N–H and O–H groups in total. The van der Waals surface area contributed by atoms with Crippen LogP contribution >= 0.6 is 0 Å². The first kappa shape index (κ1) is 52.2. The third-order valence-electron chi connectivity index (χ3n) is 10.5. The van der Waals surface area contributed by atoms with Gasteiger partial charge in [-0.2, -0.15) is 0 Å². The van der Waals surface area contributed by atoms with Crippen LogP contribution in [-0.2, 0) is 14.4 Å². The molecule has 10 heteroatoms. The maximum Gasteiger partial charge on any atom is 0.221 e.